The number of thioether (sulfide) groups is 2. The molecule has 4 aromatic carbocycles. The summed E-state index contributed by atoms with van der Waals surface area (Å²) < 4.78 is 6.21. The van der Waals surface area contributed by atoms with E-state index < -0.39 is 7.05 Å². The Kier molecular flexibility index (Phi) is 6.88. The maximum Gasteiger partial charge on any atom is 0.0772 e. The number of rotatable bonds is 5. The summed E-state index contributed by atoms with van der Waals surface area (Å²) in [6.07, 6.45) is 1.29. The predicted molar refractivity (Wildman–Crippen MR) is 146 cm³/mol. The third kappa shape index (κ3) is 4.35. The number of nitrogens with zero attached hydrogens (tertiary/aromatic N) is 1. The first-order valence-electron chi connectivity index (χ1n) is 11.0. The largest absolute Gasteiger partial charge is 0.254 e. The van der Waals surface area contributed by atoms with Crippen molar-refractivity contribution in [2.24, 2.45) is 4.74 Å². The second-order valence-corrected chi connectivity index (χ2v) is 13.5. The van der Waals surface area contributed by atoms with E-state index >= 15 is 0 Å². The SMILES string of the molecule is c1ccc(P(=Nc2ccccc2C2SCCCS2)(c2ccccc2)c2ccccc2)cc1. The van der Waals surface area contributed by atoms with Gasteiger partial charge in [0.15, 0.2) is 0 Å². The van der Waals surface area contributed by atoms with E-state index in [4.69, 9.17) is 4.74 Å². The van der Waals surface area contributed by atoms with Crippen molar-refractivity contribution >= 4 is 52.2 Å². The van der Waals surface area contributed by atoms with Crippen molar-refractivity contribution in [1.82, 2.24) is 0 Å². The second kappa shape index (κ2) is 10.2. The van der Waals surface area contributed by atoms with Gasteiger partial charge in [-0.3, -0.25) is 4.74 Å². The Bertz CT molecular complexity index is 1100. The lowest BCUT2D eigenvalue weighted by Gasteiger charge is -2.28. The molecule has 5 rings (SSSR count). The molecule has 1 nitrogen and oxygen atoms in total. The maximum absolute atomic E-state index is 5.76. The van der Waals surface area contributed by atoms with Gasteiger partial charge in [-0.15, -0.1) is 23.5 Å². The molecule has 1 saturated heterocycles. The van der Waals surface area contributed by atoms with Crippen LogP contribution >= 0.6 is 30.6 Å². The molecule has 0 aromatic heterocycles. The van der Waals surface area contributed by atoms with Crippen LogP contribution in [0, 0.1) is 0 Å². The van der Waals surface area contributed by atoms with Crippen LogP contribution in [-0.2, 0) is 0 Å². The molecule has 0 radical (unpaired) electrons. The number of hydrogen-bond acceptors (Lipinski definition) is 3. The molecular formula is C28H26NPS2. The first-order chi connectivity index (χ1) is 15.9. The second-order valence-electron chi connectivity index (χ2n) is 7.73. The molecule has 0 spiro atoms. The Labute approximate surface area is 199 Å². The minimum atomic E-state index is -2.25. The van der Waals surface area contributed by atoms with Gasteiger partial charge in [0.2, 0.25) is 0 Å². The fourth-order valence-corrected chi connectivity index (χ4v) is 10.7. The van der Waals surface area contributed by atoms with Crippen molar-refractivity contribution in [3.8, 4) is 0 Å². The van der Waals surface area contributed by atoms with Gasteiger partial charge < -0.3 is 0 Å². The molecule has 0 atom stereocenters. The molecule has 0 saturated carbocycles. The maximum atomic E-state index is 5.76. The van der Waals surface area contributed by atoms with E-state index in [1.54, 1.807) is 0 Å². The van der Waals surface area contributed by atoms with Gasteiger partial charge in [-0.1, -0.05) is 109 Å². The van der Waals surface area contributed by atoms with E-state index in [9.17, 15) is 0 Å². The normalized spacial score (nSPS) is 14.8. The van der Waals surface area contributed by atoms with E-state index in [1.807, 2.05) is 0 Å². The Morgan fingerprint density at radius 2 is 1.00 bits per heavy atom. The van der Waals surface area contributed by atoms with Crippen LogP contribution in [0.5, 0.6) is 0 Å². The zero-order valence-corrected chi connectivity index (χ0v) is 20.4. The highest BCUT2D eigenvalue weighted by Crippen LogP contribution is 2.53. The predicted octanol–water partition coefficient (Wildman–Crippen LogP) is 7.36. The summed E-state index contributed by atoms with van der Waals surface area (Å²) in [5.74, 6) is 2.45. The van der Waals surface area contributed by atoms with Gasteiger partial charge in [-0.2, -0.15) is 0 Å². The Morgan fingerprint density at radius 3 is 1.50 bits per heavy atom. The fraction of sp³-hybridized carbons (Fsp3) is 0.143. The van der Waals surface area contributed by atoms with Crippen molar-refractivity contribution < 1.29 is 0 Å². The quantitative estimate of drug-likeness (QED) is 0.282. The van der Waals surface area contributed by atoms with Crippen molar-refractivity contribution in [2.45, 2.75) is 11.0 Å². The summed E-state index contributed by atoms with van der Waals surface area (Å²) in [4.78, 5) is 0. The van der Waals surface area contributed by atoms with Crippen LogP contribution in [0.15, 0.2) is 120 Å². The van der Waals surface area contributed by atoms with Gasteiger partial charge in [0.1, 0.15) is 0 Å². The minimum absolute atomic E-state index is 0.452. The lowest BCUT2D eigenvalue weighted by atomic mass is 10.2. The number of hydrogen-bond donors (Lipinski definition) is 0. The van der Waals surface area contributed by atoms with Crippen molar-refractivity contribution in [1.29, 1.82) is 0 Å². The Hall–Kier alpha value is -2.19. The highest BCUT2D eigenvalue weighted by Gasteiger charge is 2.28. The molecule has 0 unspecified atom stereocenters. The molecule has 1 fully saturated rings. The van der Waals surface area contributed by atoms with Gasteiger partial charge in [0.05, 0.1) is 17.3 Å². The highest BCUT2D eigenvalue weighted by atomic mass is 32.2. The summed E-state index contributed by atoms with van der Waals surface area (Å²) >= 11 is 4.12. The minimum Gasteiger partial charge on any atom is -0.254 e. The van der Waals surface area contributed by atoms with Crippen LogP contribution in [0.4, 0.5) is 5.69 Å². The van der Waals surface area contributed by atoms with Gasteiger partial charge in [0.25, 0.3) is 0 Å². The number of benzene rings is 4. The average molecular weight is 472 g/mol. The van der Waals surface area contributed by atoms with Crippen LogP contribution in [0.2, 0.25) is 0 Å². The van der Waals surface area contributed by atoms with Crippen LogP contribution in [0.25, 0.3) is 0 Å². The highest BCUT2D eigenvalue weighted by molar-refractivity contribution is 8.16. The van der Waals surface area contributed by atoms with E-state index in [0.717, 1.165) is 5.69 Å². The van der Waals surface area contributed by atoms with Gasteiger partial charge in [-0.05, 0) is 24.0 Å². The Balaban J connectivity index is 1.83. The average Bonchev–Trinajstić information content (AvgIpc) is 2.89. The molecule has 4 heteroatoms. The summed E-state index contributed by atoms with van der Waals surface area (Å²) in [5.41, 5.74) is 2.48. The van der Waals surface area contributed by atoms with Gasteiger partial charge in [-0.25, -0.2) is 0 Å². The third-order valence-corrected chi connectivity index (χ3v) is 12.3. The lowest BCUT2D eigenvalue weighted by Crippen LogP contribution is -2.25. The van der Waals surface area contributed by atoms with E-state index in [0.29, 0.717) is 4.58 Å². The monoisotopic (exact) mass is 471 g/mol. The van der Waals surface area contributed by atoms with E-state index in [2.05, 4.69) is 139 Å². The van der Waals surface area contributed by atoms with Gasteiger partial charge in [0, 0.05) is 21.5 Å². The first kappa shape index (κ1) is 21.6. The molecule has 0 N–H and O–H groups in total. The molecule has 1 aliphatic rings. The van der Waals surface area contributed by atoms with Crippen molar-refractivity contribution in [3.63, 3.8) is 0 Å². The topological polar surface area (TPSA) is 12.4 Å². The van der Waals surface area contributed by atoms with E-state index in [1.165, 1.54) is 39.4 Å². The van der Waals surface area contributed by atoms with Crippen LogP contribution < -0.4 is 15.9 Å². The van der Waals surface area contributed by atoms with Crippen LogP contribution in [0.3, 0.4) is 0 Å². The third-order valence-electron chi connectivity index (χ3n) is 5.67. The van der Waals surface area contributed by atoms with Crippen LogP contribution in [-0.4, -0.2) is 11.5 Å². The molecule has 160 valence electrons. The summed E-state index contributed by atoms with van der Waals surface area (Å²) in [5, 5.41) is 3.86. The molecule has 0 bridgehead atoms. The molecule has 1 heterocycles. The fourth-order valence-electron chi connectivity index (χ4n) is 4.16. The van der Waals surface area contributed by atoms with Crippen molar-refractivity contribution in [3.05, 3.63) is 121 Å². The summed E-state index contributed by atoms with van der Waals surface area (Å²) in [7, 11) is -2.25. The summed E-state index contributed by atoms with van der Waals surface area (Å²) in [6.45, 7) is 0. The molecule has 32 heavy (non-hydrogen) atoms. The molecular weight excluding hydrogens is 445 g/mol. The smallest absolute Gasteiger partial charge is 0.0772 e. The van der Waals surface area contributed by atoms with Gasteiger partial charge >= 0.3 is 0 Å². The zero-order valence-electron chi connectivity index (χ0n) is 17.9. The van der Waals surface area contributed by atoms with E-state index in [-0.39, 0.29) is 0 Å². The molecule has 0 amide bonds. The molecule has 1 aliphatic heterocycles. The van der Waals surface area contributed by atoms with Crippen molar-refractivity contribution in [2.75, 3.05) is 11.5 Å². The molecule has 0 aliphatic carbocycles. The standard InChI is InChI=1S/C28H26NPS2/c1-4-13-23(14-5-1)30(24-15-6-2-7-16-24,25-17-8-3-9-18-25)29-27-20-11-10-19-26(27)28-31-21-12-22-32-28/h1-11,13-20,28H,12,21-22H2. The first-order valence-corrected chi connectivity index (χ1v) is 14.8. The Morgan fingerprint density at radius 1 is 0.562 bits per heavy atom. The van der Waals surface area contributed by atoms with Crippen LogP contribution in [0.1, 0.15) is 16.6 Å². The summed E-state index contributed by atoms with van der Waals surface area (Å²) in [6, 6.07) is 41.5. The zero-order chi connectivity index (χ0) is 21.6. The lowest BCUT2D eigenvalue weighted by molar-refractivity contribution is 1.10. The molecule has 4 aromatic rings.